The summed E-state index contributed by atoms with van der Waals surface area (Å²) in [6, 6.07) is 0. The van der Waals surface area contributed by atoms with Crippen LogP contribution in [0.4, 0.5) is 0 Å². The van der Waals surface area contributed by atoms with E-state index in [1.165, 1.54) is 0 Å². The van der Waals surface area contributed by atoms with E-state index in [0.717, 1.165) is 0 Å². The molecule has 1 heterocycles. The monoisotopic (exact) mass is 184 g/mol. The van der Waals surface area contributed by atoms with Crippen LogP contribution in [0, 0.1) is 0 Å². The van der Waals surface area contributed by atoms with Crippen molar-refractivity contribution in [2.75, 3.05) is 8.86 Å². The topological polar surface area (TPSA) is 0 Å². The second kappa shape index (κ2) is 2.00. The molecule has 0 spiro atoms. The van der Waals surface area contributed by atoms with E-state index < -0.39 is 0 Å². The van der Waals surface area contributed by atoms with Crippen molar-refractivity contribution in [1.29, 1.82) is 0 Å². The summed E-state index contributed by atoms with van der Waals surface area (Å²) in [7, 11) is 0. The molecule has 1 saturated heterocycles. The van der Waals surface area contributed by atoms with Crippen molar-refractivity contribution in [3.8, 4) is 0 Å². The first-order valence-electron chi connectivity index (χ1n) is 2.08. The molecule has 1 rings (SSSR count). The fraction of sp³-hybridized carbons (Fsp3) is 1.00. The fourth-order valence-electron chi connectivity index (χ4n) is 0.510. The normalized spacial score (nSPS) is 25.6. The van der Waals surface area contributed by atoms with Crippen LogP contribution in [-0.4, -0.2) is 8.86 Å². The van der Waals surface area contributed by atoms with Gasteiger partial charge in [0, 0.05) is 0 Å². The molecule has 0 aromatic heterocycles. The summed E-state index contributed by atoms with van der Waals surface area (Å²) in [6.45, 7) is 0. The number of rotatable bonds is 0. The molecule has 0 radical (unpaired) electrons. The zero-order chi connectivity index (χ0) is 3.54. The second-order valence-electron chi connectivity index (χ2n) is 1.32. The molecule has 1 aliphatic heterocycles. The molecule has 5 heavy (non-hydrogen) atoms. The Morgan fingerprint density at radius 3 is 1.80 bits per heavy atom. The van der Waals surface area contributed by atoms with Crippen molar-refractivity contribution in [2.24, 2.45) is 0 Å². The molecule has 0 saturated carbocycles. The maximum absolute atomic E-state index is 1.63. The van der Waals surface area contributed by atoms with Gasteiger partial charge in [-0.3, -0.25) is 0 Å². The van der Waals surface area contributed by atoms with E-state index in [9.17, 15) is 0 Å². The van der Waals surface area contributed by atoms with Crippen LogP contribution in [0.2, 0.25) is 0 Å². The van der Waals surface area contributed by atoms with E-state index >= 15 is 0 Å². The predicted octanol–water partition coefficient (Wildman–Crippen LogP) is 1.48. The minimum atomic E-state index is 0.604. The molecule has 1 fully saturated rings. The Kier molecular flexibility index (Phi) is 1.57. The standard InChI is InChI=1S/C4H9I/c1-2-4-5-3-1/h5H,1-4H2. The van der Waals surface area contributed by atoms with Gasteiger partial charge in [-0.2, -0.15) is 0 Å². The number of hydrogen-bond acceptors (Lipinski definition) is 0. The molecular formula is C4H9I. The van der Waals surface area contributed by atoms with Crippen LogP contribution in [-0.2, 0) is 0 Å². The van der Waals surface area contributed by atoms with Crippen LogP contribution in [0.3, 0.4) is 0 Å². The molecule has 0 aromatic rings. The third kappa shape index (κ3) is 1.07. The van der Waals surface area contributed by atoms with Gasteiger partial charge in [0.2, 0.25) is 0 Å². The summed E-state index contributed by atoms with van der Waals surface area (Å²) < 4.78 is 3.26. The van der Waals surface area contributed by atoms with E-state index in [1.807, 2.05) is 0 Å². The van der Waals surface area contributed by atoms with Gasteiger partial charge >= 0.3 is 42.9 Å². The van der Waals surface area contributed by atoms with Crippen molar-refractivity contribution in [2.45, 2.75) is 12.8 Å². The van der Waals surface area contributed by atoms with Crippen LogP contribution in [0.25, 0.3) is 0 Å². The van der Waals surface area contributed by atoms with Gasteiger partial charge in [-0.05, 0) is 0 Å². The van der Waals surface area contributed by atoms with E-state index in [4.69, 9.17) is 0 Å². The third-order valence-corrected chi connectivity index (χ3v) is 4.12. The molecule has 0 bridgehead atoms. The molecule has 0 unspecified atom stereocenters. The first-order valence-corrected chi connectivity index (χ1v) is 5.37. The fourth-order valence-corrected chi connectivity index (χ4v) is 3.42. The SMILES string of the molecule is C1CC[IH]C1. The van der Waals surface area contributed by atoms with Crippen LogP contribution in [0.5, 0.6) is 0 Å². The minimum absolute atomic E-state index is 0.604. The average molecular weight is 184 g/mol. The zero-order valence-corrected chi connectivity index (χ0v) is 5.57. The Bertz CT molecular complexity index is 15.2. The number of alkyl halides is 2. The van der Waals surface area contributed by atoms with Crippen molar-refractivity contribution in [3.63, 3.8) is 0 Å². The molecule has 0 nitrogen and oxygen atoms in total. The number of halogens is 1. The van der Waals surface area contributed by atoms with Crippen molar-refractivity contribution in [1.82, 2.24) is 0 Å². The molecule has 32 valence electrons. The molecule has 0 aromatic carbocycles. The van der Waals surface area contributed by atoms with Crippen LogP contribution in [0.1, 0.15) is 12.8 Å². The van der Waals surface area contributed by atoms with Crippen molar-refractivity contribution >= 4 is 21.2 Å². The van der Waals surface area contributed by atoms with Gasteiger partial charge in [-0.15, -0.1) is 0 Å². The predicted molar refractivity (Wildman–Crippen MR) is 34.4 cm³/mol. The first-order chi connectivity index (χ1) is 2.50. The molecule has 0 aliphatic carbocycles. The molecule has 1 aliphatic rings. The molecular weight excluding hydrogens is 175 g/mol. The quantitative estimate of drug-likeness (QED) is 0.395. The zero-order valence-electron chi connectivity index (χ0n) is 3.24. The Labute approximate surface area is 43.2 Å². The average Bonchev–Trinajstić information content (AvgIpc) is 1.76. The van der Waals surface area contributed by atoms with E-state index in [0.29, 0.717) is 21.2 Å². The van der Waals surface area contributed by atoms with Gasteiger partial charge in [0.15, 0.2) is 0 Å². The van der Waals surface area contributed by atoms with Gasteiger partial charge in [0.05, 0.1) is 0 Å². The summed E-state index contributed by atoms with van der Waals surface area (Å²) >= 11 is 0.604. The van der Waals surface area contributed by atoms with Gasteiger partial charge in [-0.1, -0.05) is 0 Å². The van der Waals surface area contributed by atoms with E-state index in [1.54, 1.807) is 21.7 Å². The summed E-state index contributed by atoms with van der Waals surface area (Å²) in [6.07, 6.45) is 3.12. The van der Waals surface area contributed by atoms with Crippen molar-refractivity contribution in [3.05, 3.63) is 0 Å². The van der Waals surface area contributed by atoms with Gasteiger partial charge < -0.3 is 0 Å². The van der Waals surface area contributed by atoms with Gasteiger partial charge in [0.1, 0.15) is 0 Å². The Hall–Kier alpha value is 0.730. The molecule has 0 amide bonds. The van der Waals surface area contributed by atoms with E-state index in [2.05, 4.69) is 0 Å². The molecule has 0 atom stereocenters. The van der Waals surface area contributed by atoms with Gasteiger partial charge in [-0.25, -0.2) is 0 Å². The first kappa shape index (κ1) is 3.90. The second-order valence-corrected chi connectivity index (χ2v) is 4.82. The summed E-state index contributed by atoms with van der Waals surface area (Å²) in [4.78, 5) is 0. The molecule has 0 N–H and O–H groups in total. The Morgan fingerprint density at radius 2 is 1.60 bits per heavy atom. The van der Waals surface area contributed by atoms with Crippen molar-refractivity contribution < 1.29 is 0 Å². The summed E-state index contributed by atoms with van der Waals surface area (Å²) in [5.41, 5.74) is 0. The van der Waals surface area contributed by atoms with Gasteiger partial charge in [0.25, 0.3) is 0 Å². The third-order valence-electron chi connectivity index (χ3n) is 0.827. The molecule has 1 heteroatoms. The van der Waals surface area contributed by atoms with Crippen LogP contribution >= 0.6 is 21.2 Å². The maximum atomic E-state index is 1.63. The Balaban J connectivity index is 2.08. The number of hydrogen-bond donors (Lipinski definition) is 0. The summed E-state index contributed by atoms with van der Waals surface area (Å²) in [5, 5.41) is 0. The Morgan fingerprint density at radius 1 is 1.00 bits per heavy atom. The van der Waals surface area contributed by atoms with E-state index in [-0.39, 0.29) is 0 Å². The summed E-state index contributed by atoms with van der Waals surface area (Å²) in [5.74, 6) is 0. The van der Waals surface area contributed by atoms with Crippen LogP contribution < -0.4 is 0 Å². The van der Waals surface area contributed by atoms with Crippen LogP contribution in [0.15, 0.2) is 0 Å².